The molecule has 2 aromatic rings. The van der Waals surface area contributed by atoms with E-state index >= 15 is 0 Å². The van der Waals surface area contributed by atoms with Gasteiger partial charge in [-0.05, 0) is 63.3 Å². The van der Waals surface area contributed by atoms with Crippen molar-refractivity contribution in [2.45, 2.75) is 65.0 Å². The monoisotopic (exact) mass is 522 g/mol. The minimum Gasteiger partial charge on any atom is -0.454 e. The van der Waals surface area contributed by atoms with E-state index < -0.39 is 6.23 Å². The number of aromatic nitrogens is 2. The molecule has 1 saturated carbocycles. The molecule has 1 aliphatic carbocycles. The largest absolute Gasteiger partial charge is 0.454 e. The van der Waals surface area contributed by atoms with Crippen molar-refractivity contribution in [2.24, 2.45) is 0 Å². The van der Waals surface area contributed by atoms with Crippen molar-refractivity contribution >= 4 is 11.4 Å². The van der Waals surface area contributed by atoms with Gasteiger partial charge in [-0.3, -0.25) is 5.32 Å². The average molecular weight is 523 g/mol. The van der Waals surface area contributed by atoms with Gasteiger partial charge in [0.1, 0.15) is 11.6 Å². The second-order valence-electron chi connectivity index (χ2n) is 10.1. The van der Waals surface area contributed by atoms with E-state index in [0.717, 1.165) is 48.8 Å². The Bertz CT molecular complexity index is 1090. The molecule has 8 nitrogen and oxygen atoms in total. The van der Waals surface area contributed by atoms with Gasteiger partial charge in [-0.2, -0.15) is 4.98 Å². The van der Waals surface area contributed by atoms with Gasteiger partial charge >= 0.3 is 0 Å². The number of aryl methyl sites for hydroxylation is 2. The zero-order valence-electron chi connectivity index (χ0n) is 23.9. The first-order chi connectivity index (χ1) is 18.2. The predicted molar refractivity (Wildman–Crippen MR) is 156 cm³/mol. The molecule has 2 fully saturated rings. The molecule has 0 radical (unpaired) electrons. The molecule has 1 unspecified atom stereocenters. The smallest absolute Gasteiger partial charge is 0.223 e. The minimum absolute atomic E-state index is 0.396. The summed E-state index contributed by atoms with van der Waals surface area (Å²) in [6, 6.07) is 6.67. The highest BCUT2D eigenvalue weighted by atomic mass is 16.5. The molecular formula is C30H46N6O2. The number of hydrogen-bond donors (Lipinski definition) is 3. The van der Waals surface area contributed by atoms with Gasteiger partial charge in [-0.25, -0.2) is 4.98 Å². The van der Waals surface area contributed by atoms with Crippen LogP contribution in [-0.2, 0) is 4.74 Å². The third kappa shape index (κ3) is 7.71. The third-order valence-electron chi connectivity index (χ3n) is 7.43. The molecule has 4 N–H and O–H groups in total. The molecule has 208 valence electrons. The van der Waals surface area contributed by atoms with Gasteiger partial charge in [-0.1, -0.05) is 50.6 Å². The standard InChI is InChI=1S/C23H32N4O.C7H14N2O/c1-14-13-19(11-12-20(14)18-9-7-6-8-10-18)15(2)22(25-5)28-23-16(3)21(24)26-17(4)27-23;1-7(8-2)9-3-5-10-6-4-9/h11-13,18,22,25H,2,6-10H2,1,3-5H3,(H2,24,26,27);8H,1,3-6H2,2H3. The first-order valence-corrected chi connectivity index (χ1v) is 13.7. The summed E-state index contributed by atoms with van der Waals surface area (Å²) in [7, 11) is 3.74. The van der Waals surface area contributed by atoms with Crippen LogP contribution in [0.25, 0.3) is 5.57 Å². The number of likely N-dealkylation sites (N-methyl/N-ethyl adjacent to an activating group) is 1. The van der Waals surface area contributed by atoms with Gasteiger partial charge in [-0.15, -0.1) is 0 Å². The molecule has 0 amide bonds. The van der Waals surface area contributed by atoms with Crippen molar-refractivity contribution in [1.29, 1.82) is 0 Å². The lowest BCUT2D eigenvalue weighted by atomic mass is 9.81. The average Bonchev–Trinajstić information content (AvgIpc) is 2.94. The van der Waals surface area contributed by atoms with E-state index in [1.54, 1.807) is 6.92 Å². The van der Waals surface area contributed by atoms with Crippen molar-refractivity contribution in [1.82, 2.24) is 25.5 Å². The van der Waals surface area contributed by atoms with E-state index in [4.69, 9.17) is 15.2 Å². The van der Waals surface area contributed by atoms with Gasteiger partial charge in [0.2, 0.25) is 5.88 Å². The number of nitrogens with zero attached hydrogens (tertiary/aromatic N) is 3. The van der Waals surface area contributed by atoms with Crippen LogP contribution < -0.4 is 21.1 Å². The number of nitrogen functional groups attached to an aromatic ring is 1. The Kier molecular flexibility index (Phi) is 11.0. The number of ether oxygens (including phenoxy) is 2. The summed E-state index contributed by atoms with van der Waals surface area (Å²) in [6.45, 7) is 17.6. The van der Waals surface area contributed by atoms with E-state index in [0.29, 0.717) is 23.4 Å². The molecule has 2 aliphatic rings. The molecule has 1 saturated heterocycles. The molecule has 0 spiro atoms. The summed E-state index contributed by atoms with van der Waals surface area (Å²) in [5.74, 6) is 3.20. The first-order valence-electron chi connectivity index (χ1n) is 13.7. The van der Waals surface area contributed by atoms with Crippen LogP contribution in [0.1, 0.15) is 66.1 Å². The Morgan fingerprint density at radius 1 is 1.08 bits per heavy atom. The number of benzene rings is 1. The van der Waals surface area contributed by atoms with E-state index in [-0.39, 0.29) is 0 Å². The number of nitrogens with one attached hydrogen (secondary N) is 2. The van der Waals surface area contributed by atoms with E-state index in [1.165, 1.54) is 43.2 Å². The lowest BCUT2D eigenvalue weighted by Gasteiger charge is -2.29. The number of nitrogens with two attached hydrogens (primary N) is 1. The molecule has 0 bridgehead atoms. The fraction of sp³-hybridized carbons (Fsp3) is 0.533. The Hall–Kier alpha value is -3.10. The summed E-state index contributed by atoms with van der Waals surface area (Å²) in [5.41, 5.74) is 11.5. The Morgan fingerprint density at radius 3 is 2.37 bits per heavy atom. The molecule has 1 aromatic heterocycles. The Balaban J connectivity index is 0.000000336. The molecule has 1 aromatic carbocycles. The lowest BCUT2D eigenvalue weighted by molar-refractivity contribution is 0.0512. The predicted octanol–water partition coefficient (Wildman–Crippen LogP) is 4.68. The molecule has 1 atom stereocenters. The highest BCUT2D eigenvalue weighted by molar-refractivity contribution is 5.68. The Morgan fingerprint density at radius 2 is 1.76 bits per heavy atom. The van der Waals surface area contributed by atoms with E-state index in [1.807, 2.05) is 21.0 Å². The van der Waals surface area contributed by atoms with Crippen LogP contribution in [0.5, 0.6) is 5.88 Å². The van der Waals surface area contributed by atoms with Gasteiger partial charge in [0, 0.05) is 25.7 Å². The minimum atomic E-state index is -0.396. The van der Waals surface area contributed by atoms with Crippen LogP contribution in [0.2, 0.25) is 0 Å². The number of rotatable bonds is 8. The Labute approximate surface area is 228 Å². The summed E-state index contributed by atoms with van der Waals surface area (Å²) in [5, 5.41) is 6.20. The summed E-state index contributed by atoms with van der Waals surface area (Å²) in [6.07, 6.45) is 6.27. The van der Waals surface area contributed by atoms with Gasteiger partial charge < -0.3 is 25.4 Å². The normalized spacial score (nSPS) is 16.7. The van der Waals surface area contributed by atoms with Gasteiger partial charge in [0.25, 0.3) is 0 Å². The SMILES string of the molecule is C=C(NC)N1CCOCC1.C=C(c1ccc(C2CCCCC2)c(C)c1)C(NC)Oc1nc(C)nc(N)c1C. The van der Waals surface area contributed by atoms with Crippen molar-refractivity contribution in [3.63, 3.8) is 0 Å². The zero-order valence-corrected chi connectivity index (χ0v) is 23.9. The first kappa shape index (κ1) is 29.5. The zero-order chi connectivity index (χ0) is 27.7. The number of hydrogen-bond acceptors (Lipinski definition) is 8. The maximum Gasteiger partial charge on any atom is 0.223 e. The molecule has 1 aliphatic heterocycles. The quantitative estimate of drug-likeness (QED) is 0.430. The van der Waals surface area contributed by atoms with Gasteiger partial charge in [0.05, 0.1) is 24.6 Å². The second kappa shape index (κ2) is 14.2. The highest BCUT2D eigenvalue weighted by Crippen LogP contribution is 2.35. The topological polar surface area (TPSA) is 97.6 Å². The molecular weight excluding hydrogens is 476 g/mol. The van der Waals surface area contributed by atoms with Crippen molar-refractivity contribution in [3.8, 4) is 5.88 Å². The number of morpholine rings is 1. The van der Waals surface area contributed by atoms with E-state index in [9.17, 15) is 0 Å². The maximum absolute atomic E-state index is 6.12. The summed E-state index contributed by atoms with van der Waals surface area (Å²) >= 11 is 0. The fourth-order valence-corrected chi connectivity index (χ4v) is 5.04. The van der Waals surface area contributed by atoms with Crippen LogP contribution in [0, 0.1) is 20.8 Å². The maximum atomic E-state index is 6.12. The van der Waals surface area contributed by atoms with Crippen LogP contribution in [0.4, 0.5) is 5.82 Å². The van der Waals surface area contributed by atoms with Crippen LogP contribution >= 0.6 is 0 Å². The fourth-order valence-electron chi connectivity index (χ4n) is 5.04. The highest BCUT2D eigenvalue weighted by Gasteiger charge is 2.21. The van der Waals surface area contributed by atoms with Crippen LogP contribution in [-0.4, -0.2) is 61.5 Å². The van der Waals surface area contributed by atoms with Crippen molar-refractivity contribution in [3.05, 3.63) is 65.3 Å². The number of anilines is 1. The second-order valence-corrected chi connectivity index (χ2v) is 10.1. The summed E-state index contributed by atoms with van der Waals surface area (Å²) < 4.78 is 11.3. The van der Waals surface area contributed by atoms with Crippen LogP contribution in [0.15, 0.2) is 37.2 Å². The van der Waals surface area contributed by atoms with Crippen molar-refractivity contribution < 1.29 is 9.47 Å². The lowest BCUT2D eigenvalue weighted by Crippen LogP contribution is -2.38. The van der Waals surface area contributed by atoms with E-state index in [2.05, 4.69) is 63.8 Å². The molecule has 38 heavy (non-hydrogen) atoms. The van der Waals surface area contributed by atoms with Crippen molar-refractivity contribution in [2.75, 3.05) is 46.1 Å². The van der Waals surface area contributed by atoms with Crippen LogP contribution in [0.3, 0.4) is 0 Å². The molecule has 2 heterocycles. The van der Waals surface area contributed by atoms with Gasteiger partial charge in [0.15, 0.2) is 6.23 Å². The molecule has 4 rings (SSSR count). The molecule has 8 heteroatoms. The third-order valence-corrected chi connectivity index (χ3v) is 7.43. The summed E-state index contributed by atoms with van der Waals surface area (Å²) in [4.78, 5) is 10.8.